The maximum Gasteiger partial charge on any atom is 0.320 e. The molecule has 0 atom stereocenters. The number of anilines is 2. The fourth-order valence-electron chi connectivity index (χ4n) is 4.41. The number of rotatable bonds is 11. The molecule has 0 aliphatic carbocycles. The Kier molecular flexibility index (Phi) is 9.28. The van der Waals surface area contributed by atoms with Gasteiger partial charge in [0.05, 0.1) is 17.3 Å². The van der Waals surface area contributed by atoms with Crippen molar-refractivity contribution in [1.82, 2.24) is 4.98 Å². The largest absolute Gasteiger partial charge is 0.489 e. The highest BCUT2D eigenvalue weighted by atomic mass is 35.5. The number of benzene rings is 2. The Morgan fingerprint density at radius 2 is 1.90 bits per heavy atom. The number of aromatic nitrogens is 1. The number of carboxylic acids is 1. The number of hydrogen-bond donors (Lipinski definition) is 3. The summed E-state index contributed by atoms with van der Waals surface area (Å²) in [5.41, 5.74) is 8.11. The second-order valence-corrected chi connectivity index (χ2v) is 11.5. The van der Waals surface area contributed by atoms with Gasteiger partial charge in [0.1, 0.15) is 17.7 Å². The summed E-state index contributed by atoms with van der Waals surface area (Å²) < 4.78 is 33.1. The van der Waals surface area contributed by atoms with Gasteiger partial charge in [0.2, 0.25) is 10.0 Å². The average molecular weight is 584 g/mol. The first-order valence-electron chi connectivity index (χ1n) is 12.6. The molecule has 0 amide bonds. The van der Waals surface area contributed by atoms with Gasteiger partial charge >= 0.3 is 5.97 Å². The maximum absolute atomic E-state index is 13.0. The minimum absolute atomic E-state index is 0.0537. The molecule has 2 heterocycles. The third-order valence-corrected chi connectivity index (χ3v) is 8.33. The van der Waals surface area contributed by atoms with Crippen molar-refractivity contribution in [3.63, 3.8) is 0 Å². The summed E-state index contributed by atoms with van der Waals surface area (Å²) in [6, 6.07) is 15.5. The molecular formula is C28H30ClN5O5S. The van der Waals surface area contributed by atoms with Crippen molar-refractivity contribution in [1.29, 1.82) is 5.41 Å². The fraction of sp³-hybridized carbons (Fsp3) is 0.250. The first-order valence-corrected chi connectivity index (χ1v) is 14.6. The molecule has 1 saturated heterocycles. The normalized spacial score (nSPS) is 14.3. The van der Waals surface area contributed by atoms with Crippen molar-refractivity contribution in [3.8, 4) is 5.75 Å². The Labute approximate surface area is 238 Å². The van der Waals surface area contributed by atoms with Crippen LogP contribution in [-0.2, 0) is 14.8 Å². The lowest BCUT2D eigenvalue weighted by atomic mass is 10.1. The van der Waals surface area contributed by atoms with Crippen LogP contribution in [0, 0.1) is 5.41 Å². The number of nitrogen functional groups attached to an aromatic ring is 1. The van der Waals surface area contributed by atoms with E-state index >= 15 is 0 Å². The van der Waals surface area contributed by atoms with Gasteiger partial charge in [0, 0.05) is 49.6 Å². The van der Waals surface area contributed by atoms with Crippen molar-refractivity contribution < 1.29 is 23.1 Å². The van der Waals surface area contributed by atoms with E-state index < -0.39 is 21.7 Å². The number of piperidine rings is 1. The number of ether oxygens (including phenoxy) is 1. The van der Waals surface area contributed by atoms with E-state index in [0.29, 0.717) is 16.9 Å². The lowest BCUT2D eigenvalue weighted by Crippen LogP contribution is -2.38. The van der Waals surface area contributed by atoms with Crippen LogP contribution < -0.4 is 19.7 Å². The number of nitrogens with zero attached hydrogens (tertiary/aromatic N) is 3. The van der Waals surface area contributed by atoms with E-state index in [2.05, 4.69) is 9.88 Å². The molecule has 210 valence electrons. The highest BCUT2D eigenvalue weighted by Gasteiger charge is 2.26. The third kappa shape index (κ3) is 7.51. The molecule has 40 heavy (non-hydrogen) atoms. The molecule has 12 heteroatoms. The van der Waals surface area contributed by atoms with E-state index in [1.165, 1.54) is 6.07 Å². The molecule has 4 N–H and O–H groups in total. The minimum atomic E-state index is -4.22. The van der Waals surface area contributed by atoms with Crippen LogP contribution in [0.5, 0.6) is 5.75 Å². The van der Waals surface area contributed by atoms with E-state index in [1.807, 2.05) is 12.1 Å². The molecule has 10 nitrogen and oxygen atoms in total. The van der Waals surface area contributed by atoms with Gasteiger partial charge < -0.3 is 20.5 Å². The van der Waals surface area contributed by atoms with Crippen molar-refractivity contribution >= 4 is 50.9 Å². The number of nitrogens with one attached hydrogen (secondary N) is 1. The van der Waals surface area contributed by atoms with Crippen molar-refractivity contribution in [2.75, 3.05) is 34.6 Å². The summed E-state index contributed by atoms with van der Waals surface area (Å²) >= 11 is 6.52. The Hall–Kier alpha value is -4.09. The predicted octanol–water partition coefficient (Wildman–Crippen LogP) is 4.00. The number of halogens is 1. The molecule has 1 fully saturated rings. The van der Waals surface area contributed by atoms with Crippen LogP contribution in [0.2, 0.25) is 5.02 Å². The number of pyridine rings is 1. The monoisotopic (exact) mass is 583 g/mol. The molecule has 4 rings (SSSR count). The van der Waals surface area contributed by atoms with Gasteiger partial charge in [-0.1, -0.05) is 42.0 Å². The van der Waals surface area contributed by atoms with Gasteiger partial charge in [-0.2, -0.15) is 0 Å². The third-order valence-electron chi connectivity index (χ3n) is 6.39. The van der Waals surface area contributed by atoms with Crippen LogP contribution in [0.15, 0.2) is 73.1 Å². The number of aliphatic carboxylic acids is 1. The lowest BCUT2D eigenvalue weighted by Gasteiger charge is -2.33. The number of hydrogen-bond acceptors (Lipinski definition) is 7. The summed E-state index contributed by atoms with van der Waals surface area (Å²) in [4.78, 5) is 17.6. The molecule has 0 bridgehead atoms. The van der Waals surface area contributed by atoms with Gasteiger partial charge in [-0.15, -0.1) is 0 Å². The maximum atomic E-state index is 13.0. The number of amidine groups is 1. The van der Waals surface area contributed by atoms with E-state index in [0.717, 1.165) is 35.9 Å². The van der Waals surface area contributed by atoms with E-state index in [4.69, 9.17) is 27.5 Å². The van der Waals surface area contributed by atoms with E-state index in [1.54, 1.807) is 60.9 Å². The molecule has 0 radical (unpaired) electrons. The van der Waals surface area contributed by atoms with Crippen LogP contribution >= 0.6 is 11.6 Å². The zero-order valence-corrected chi connectivity index (χ0v) is 23.2. The van der Waals surface area contributed by atoms with Gasteiger partial charge in [0.15, 0.2) is 5.75 Å². The molecular weight excluding hydrogens is 554 g/mol. The van der Waals surface area contributed by atoms with Crippen molar-refractivity contribution in [2.24, 2.45) is 5.73 Å². The smallest absolute Gasteiger partial charge is 0.320 e. The van der Waals surface area contributed by atoms with Crippen LogP contribution in [0.4, 0.5) is 11.4 Å². The first kappa shape index (κ1) is 28.9. The number of nitrogens with two attached hydrogens (primary N) is 1. The van der Waals surface area contributed by atoms with Gasteiger partial charge in [0.25, 0.3) is 0 Å². The van der Waals surface area contributed by atoms with Gasteiger partial charge in [-0.3, -0.25) is 19.5 Å². The van der Waals surface area contributed by atoms with Gasteiger partial charge in [-0.25, -0.2) is 8.42 Å². The molecule has 1 aliphatic rings. The molecule has 1 aliphatic heterocycles. The second kappa shape index (κ2) is 12.8. The van der Waals surface area contributed by atoms with Crippen molar-refractivity contribution in [2.45, 2.75) is 18.9 Å². The molecule has 3 aromatic rings. The average Bonchev–Trinajstić information content (AvgIpc) is 2.92. The summed E-state index contributed by atoms with van der Waals surface area (Å²) in [6.07, 6.45) is 8.31. The SMILES string of the molecule is N=C(N)c1cccc(C=CCN(c2ccc(OC3CCN(c4ccncc4)CC3)c(Cl)c2)S(=O)(=O)CC(=O)O)c1. The van der Waals surface area contributed by atoms with E-state index in [-0.39, 0.29) is 29.2 Å². The second-order valence-electron chi connectivity index (χ2n) is 9.25. The van der Waals surface area contributed by atoms with Crippen molar-refractivity contribution in [3.05, 3.63) is 89.2 Å². The molecule has 0 spiro atoms. The van der Waals surface area contributed by atoms with Gasteiger partial charge in [-0.05, 0) is 42.0 Å². The highest BCUT2D eigenvalue weighted by molar-refractivity contribution is 7.93. The predicted molar refractivity (Wildman–Crippen MR) is 157 cm³/mol. The lowest BCUT2D eigenvalue weighted by molar-refractivity contribution is -0.134. The highest BCUT2D eigenvalue weighted by Crippen LogP contribution is 2.33. The zero-order chi connectivity index (χ0) is 28.7. The van der Waals surface area contributed by atoms with Crippen LogP contribution in [0.25, 0.3) is 6.08 Å². The Balaban J connectivity index is 1.48. The molecule has 2 aromatic carbocycles. The Bertz CT molecular complexity index is 1490. The van der Waals surface area contributed by atoms with Crippen LogP contribution in [0.1, 0.15) is 24.0 Å². The minimum Gasteiger partial charge on any atom is -0.489 e. The van der Waals surface area contributed by atoms with E-state index in [9.17, 15) is 18.3 Å². The fourth-order valence-corrected chi connectivity index (χ4v) is 5.85. The quantitative estimate of drug-likeness (QED) is 0.226. The first-order chi connectivity index (χ1) is 19.1. The number of carboxylic acid groups (broad SMARTS) is 1. The summed E-state index contributed by atoms with van der Waals surface area (Å²) in [7, 11) is -4.22. The molecule has 1 aromatic heterocycles. The van der Waals surface area contributed by atoms with Crippen LogP contribution in [0.3, 0.4) is 0 Å². The Morgan fingerprint density at radius 1 is 1.18 bits per heavy atom. The number of sulfonamides is 1. The molecule has 0 saturated carbocycles. The Morgan fingerprint density at radius 3 is 2.55 bits per heavy atom. The molecule has 0 unspecified atom stereocenters. The topological polar surface area (TPSA) is 150 Å². The number of carbonyl (C=O) groups is 1. The zero-order valence-electron chi connectivity index (χ0n) is 21.6. The summed E-state index contributed by atoms with van der Waals surface area (Å²) in [5, 5.41) is 17.0. The summed E-state index contributed by atoms with van der Waals surface area (Å²) in [6.45, 7) is 1.49. The van der Waals surface area contributed by atoms with Crippen LogP contribution in [-0.4, -0.2) is 61.8 Å². The standard InChI is InChI=1S/C28H30ClN5O5S/c29-25-18-23(6-7-26(25)39-24-10-15-33(16-11-24)22-8-12-32-13-9-22)34(40(37,38)19-27(35)36)14-2-4-20-3-1-5-21(17-20)28(30)31/h1-9,12-13,17-18,24H,10-11,14-16,19H2,(H3,30,31)(H,35,36). The summed E-state index contributed by atoms with van der Waals surface area (Å²) in [5.74, 6) is -2.20.